The van der Waals surface area contributed by atoms with Gasteiger partial charge >= 0.3 is 0 Å². The Kier molecular flexibility index (Phi) is 5.30. The van der Waals surface area contributed by atoms with Crippen molar-refractivity contribution in [3.8, 4) is 0 Å². The number of thiophene rings is 1. The molecule has 1 N–H and O–H groups in total. The summed E-state index contributed by atoms with van der Waals surface area (Å²) in [6.07, 6.45) is 1.83. The molecule has 6 heteroatoms. The van der Waals surface area contributed by atoms with E-state index in [-0.39, 0.29) is 12.1 Å². The predicted octanol–water partition coefficient (Wildman–Crippen LogP) is 6.21. The summed E-state index contributed by atoms with van der Waals surface area (Å²) in [7, 11) is 0. The third-order valence-electron chi connectivity index (χ3n) is 4.82. The Balaban J connectivity index is 1.78. The Morgan fingerprint density at radius 1 is 1.11 bits per heavy atom. The first kappa shape index (κ1) is 18.6. The minimum Gasteiger partial charge on any atom is -0.351 e. The van der Waals surface area contributed by atoms with Gasteiger partial charge in [0.05, 0.1) is 21.6 Å². The highest BCUT2D eigenvalue weighted by molar-refractivity contribution is 9.11. The molecule has 0 aliphatic carbocycles. The van der Waals surface area contributed by atoms with E-state index in [9.17, 15) is 0 Å². The van der Waals surface area contributed by atoms with Crippen LogP contribution in [0.5, 0.6) is 0 Å². The molecule has 3 nitrogen and oxygen atoms in total. The van der Waals surface area contributed by atoms with Crippen molar-refractivity contribution in [2.45, 2.75) is 31.8 Å². The van der Waals surface area contributed by atoms with Crippen LogP contribution in [0, 0.1) is 0 Å². The molecule has 0 bridgehead atoms. The minimum absolute atomic E-state index is 0.00836. The number of thiocarbonyl (C=S) groups is 1. The largest absolute Gasteiger partial charge is 0.351 e. The van der Waals surface area contributed by atoms with E-state index in [2.05, 4.69) is 87.4 Å². The molecule has 1 aliphatic heterocycles. The fourth-order valence-corrected chi connectivity index (χ4v) is 5.33. The van der Waals surface area contributed by atoms with Gasteiger partial charge in [0.1, 0.15) is 0 Å². The highest BCUT2D eigenvalue weighted by atomic mass is 79.9. The Morgan fingerprint density at radius 2 is 1.89 bits per heavy atom. The van der Waals surface area contributed by atoms with Crippen LogP contribution in [0.4, 0.5) is 5.69 Å². The van der Waals surface area contributed by atoms with Crippen LogP contribution in [0.25, 0.3) is 0 Å². The second-order valence-corrected chi connectivity index (χ2v) is 9.77. The van der Waals surface area contributed by atoms with Crippen molar-refractivity contribution in [2.24, 2.45) is 0 Å². The normalized spacial score (nSPS) is 19.6. The van der Waals surface area contributed by atoms with Gasteiger partial charge in [0, 0.05) is 16.8 Å². The summed E-state index contributed by atoms with van der Waals surface area (Å²) >= 11 is 11.1. The summed E-state index contributed by atoms with van der Waals surface area (Å²) in [4.78, 5) is 8.05. The molecule has 0 amide bonds. The quantitative estimate of drug-likeness (QED) is 0.471. The van der Waals surface area contributed by atoms with E-state index in [0.717, 1.165) is 20.3 Å². The molecule has 27 heavy (non-hydrogen) atoms. The fourth-order valence-electron chi connectivity index (χ4n) is 3.43. The maximum Gasteiger partial charge on any atom is 0.174 e. The molecule has 2 aromatic heterocycles. The van der Waals surface area contributed by atoms with E-state index < -0.39 is 0 Å². The van der Waals surface area contributed by atoms with Crippen molar-refractivity contribution in [3.05, 3.63) is 80.7 Å². The molecule has 2 atom stereocenters. The SMILES string of the molecule is CC(C)c1ccc(N2C(=S)NC(c3ccccn3)C2c2ccc(Br)s2)cc1. The van der Waals surface area contributed by atoms with Crippen LogP contribution >= 0.6 is 39.5 Å². The topological polar surface area (TPSA) is 28.2 Å². The van der Waals surface area contributed by atoms with E-state index in [1.165, 1.54) is 10.4 Å². The van der Waals surface area contributed by atoms with Gasteiger partial charge in [0.15, 0.2) is 5.11 Å². The molecule has 3 aromatic rings. The van der Waals surface area contributed by atoms with Gasteiger partial charge in [0.2, 0.25) is 0 Å². The van der Waals surface area contributed by atoms with Crippen LogP contribution < -0.4 is 10.2 Å². The minimum atomic E-state index is 0.00836. The van der Waals surface area contributed by atoms with Crippen molar-refractivity contribution in [2.75, 3.05) is 4.90 Å². The third-order valence-corrected chi connectivity index (χ3v) is 6.83. The van der Waals surface area contributed by atoms with Crippen LogP contribution in [-0.4, -0.2) is 10.1 Å². The zero-order valence-corrected chi connectivity index (χ0v) is 18.3. The van der Waals surface area contributed by atoms with E-state index in [1.54, 1.807) is 11.3 Å². The molecule has 3 heterocycles. The first-order valence-corrected chi connectivity index (χ1v) is 10.9. The van der Waals surface area contributed by atoms with E-state index in [1.807, 2.05) is 18.3 Å². The molecule has 1 saturated heterocycles. The van der Waals surface area contributed by atoms with Crippen LogP contribution in [0.2, 0.25) is 0 Å². The molecule has 0 radical (unpaired) electrons. The summed E-state index contributed by atoms with van der Waals surface area (Å²) in [6.45, 7) is 4.42. The first-order chi connectivity index (χ1) is 13.0. The summed E-state index contributed by atoms with van der Waals surface area (Å²) in [5, 5.41) is 4.23. The molecule has 138 valence electrons. The Labute approximate surface area is 177 Å². The highest BCUT2D eigenvalue weighted by Gasteiger charge is 2.41. The van der Waals surface area contributed by atoms with Crippen molar-refractivity contribution in [1.82, 2.24) is 10.3 Å². The van der Waals surface area contributed by atoms with Crippen LogP contribution in [0.1, 0.15) is 48.0 Å². The van der Waals surface area contributed by atoms with Crippen LogP contribution in [0.3, 0.4) is 0 Å². The van der Waals surface area contributed by atoms with Gasteiger partial charge in [-0.25, -0.2) is 0 Å². The smallest absolute Gasteiger partial charge is 0.174 e. The number of aromatic nitrogens is 1. The second kappa shape index (κ2) is 7.70. The lowest BCUT2D eigenvalue weighted by Gasteiger charge is -2.27. The Bertz CT molecular complexity index is 938. The number of pyridine rings is 1. The van der Waals surface area contributed by atoms with Crippen molar-refractivity contribution in [1.29, 1.82) is 0 Å². The molecule has 1 fully saturated rings. The first-order valence-electron chi connectivity index (χ1n) is 8.90. The Hall–Kier alpha value is -1.76. The second-order valence-electron chi connectivity index (χ2n) is 6.88. The molecule has 1 aliphatic rings. The fraction of sp³-hybridized carbons (Fsp3) is 0.238. The third kappa shape index (κ3) is 3.66. The molecule has 0 spiro atoms. The highest BCUT2D eigenvalue weighted by Crippen LogP contribution is 2.44. The standard InChI is InChI=1S/C21H20BrN3S2/c1-13(2)14-6-8-15(9-7-14)25-20(17-10-11-18(22)27-17)19(24-21(25)26)16-5-3-4-12-23-16/h3-13,19-20H,1-2H3,(H,24,26). The molecular formula is C21H20BrN3S2. The average Bonchev–Trinajstić information content (AvgIpc) is 3.25. The molecule has 4 rings (SSSR count). The number of benzene rings is 1. The van der Waals surface area contributed by atoms with Gasteiger partial charge in [0.25, 0.3) is 0 Å². The van der Waals surface area contributed by atoms with Gasteiger partial charge in [-0.05, 0) is 76.0 Å². The van der Waals surface area contributed by atoms with Gasteiger partial charge in [-0.15, -0.1) is 11.3 Å². The number of hydrogen-bond acceptors (Lipinski definition) is 3. The van der Waals surface area contributed by atoms with Crippen molar-refractivity contribution >= 4 is 50.3 Å². The van der Waals surface area contributed by atoms with Crippen molar-refractivity contribution in [3.63, 3.8) is 0 Å². The number of rotatable bonds is 4. The van der Waals surface area contributed by atoms with Crippen LogP contribution in [0.15, 0.2) is 64.6 Å². The van der Waals surface area contributed by atoms with Crippen molar-refractivity contribution < 1.29 is 0 Å². The number of nitrogens with zero attached hydrogens (tertiary/aromatic N) is 2. The summed E-state index contributed by atoms with van der Waals surface area (Å²) < 4.78 is 1.12. The van der Waals surface area contributed by atoms with Gasteiger partial charge in [-0.1, -0.05) is 32.0 Å². The van der Waals surface area contributed by atoms with Gasteiger partial charge in [-0.2, -0.15) is 0 Å². The van der Waals surface area contributed by atoms with E-state index in [4.69, 9.17) is 12.2 Å². The molecule has 0 saturated carbocycles. The van der Waals surface area contributed by atoms with Gasteiger partial charge in [-0.3, -0.25) is 4.98 Å². The lowest BCUT2D eigenvalue weighted by atomic mass is 10.0. The number of halogens is 1. The monoisotopic (exact) mass is 457 g/mol. The van der Waals surface area contributed by atoms with Crippen LogP contribution in [-0.2, 0) is 0 Å². The lowest BCUT2D eigenvalue weighted by molar-refractivity contribution is 0.575. The number of hydrogen-bond donors (Lipinski definition) is 1. The van der Waals surface area contributed by atoms with E-state index in [0.29, 0.717) is 5.92 Å². The maximum absolute atomic E-state index is 5.75. The molecule has 1 aromatic carbocycles. The summed E-state index contributed by atoms with van der Waals surface area (Å²) in [5.41, 5.74) is 3.43. The summed E-state index contributed by atoms with van der Waals surface area (Å²) in [5.74, 6) is 0.507. The molecular weight excluding hydrogens is 438 g/mol. The lowest BCUT2D eigenvalue weighted by Crippen LogP contribution is -2.29. The number of nitrogens with one attached hydrogen (secondary N) is 1. The average molecular weight is 458 g/mol. The zero-order valence-electron chi connectivity index (χ0n) is 15.1. The van der Waals surface area contributed by atoms with E-state index >= 15 is 0 Å². The maximum atomic E-state index is 5.75. The zero-order chi connectivity index (χ0) is 19.0. The predicted molar refractivity (Wildman–Crippen MR) is 120 cm³/mol. The molecule has 2 unspecified atom stereocenters. The Morgan fingerprint density at radius 3 is 2.48 bits per heavy atom. The van der Waals surface area contributed by atoms with Gasteiger partial charge < -0.3 is 10.2 Å². The number of anilines is 1. The summed E-state index contributed by atoms with van der Waals surface area (Å²) in [6, 6.07) is 19.1.